The third-order valence-corrected chi connectivity index (χ3v) is 4.50. The van der Waals surface area contributed by atoms with Gasteiger partial charge in [-0.3, -0.25) is 0 Å². The van der Waals surface area contributed by atoms with E-state index in [4.69, 9.17) is 5.11 Å². The van der Waals surface area contributed by atoms with Crippen LogP contribution in [0.2, 0.25) is 0 Å². The van der Waals surface area contributed by atoms with E-state index in [0.717, 1.165) is 31.1 Å². The summed E-state index contributed by atoms with van der Waals surface area (Å²) in [6, 6.07) is 8.09. The number of aliphatic hydroxyl groups excluding tert-OH is 1. The van der Waals surface area contributed by atoms with Crippen LogP contribution in [-0.4, -0.2) is 59.3 Å². The zero-order chi connectivity index (χ0) is 19.3. The van der Waals surface area contributed by atoms with E-state index < -0.39 is 0 Å². The van der Waals surface area contributed by atoms with Crippen molar-refractivity contribution in [3.63, 3.8) is 0 Å². The molecule has 2 aromatic heterocycles. The molecule has 0 atom stereocenters. The van der Waals surface area contributed by atoms with Crippen molar-refractivity contribution in [2.24, 2.45) is 0 Å². The molecule has 0 saturated carbocycles. The smallest absolute Gasteiger partial charge is 0.125 e. The fraction of sp³-hybridized carbons (Fsp3) is 0.524. The largest absolute Gasteiger partial charge is 0.395 e. The highest BCUT2D eigenvalue weighted by Crippen LogP contribution is 2.07. The molecule has 27 heavy (non-hydrogen) atoms. The molecule has 0 radical (unpaired) electrons. The molecule has 6 nitrogen and oxygen atoms in total. The average molecular weight is 372 g/mol. The molecule has 1 aliphatic heterocycles. The molecule has 3 rings (SSSR count). The number of pyridine rings is 2. The van der Waals surface area contributed by atoms with Crippen LogP contribution in [0.3, 0.4) is 0 Å². The van der Waals surface area contributed by atoms with Gasteiger partial charge in [0.2, 0.25) is 0 Å². The zero-order valence-corrected chi connectivity index (χ0v) is 16.6. The van der Waals surface area contributed by atoms with E-state index in [1.807, 2.05) is 30.6 Å². The Morgan fingerprint density at radius 3 is 2.19 bits per heavy atom. The maximum absolute atomic E-state index is 8.54. The first-order chi connectivity index (χ1) is 13.2. The van der Waals surface area contributed by atoms with Crippen LogP contribution in [0, 0.1) is 6.92 Å². The van der Waals surface area contributed by atoms with Gasteiger partial charge < -0.3 is 20.6 Å². The summed E-state index contributed by atoms with van der Waals surface area (Å²) < 4.78 is 0. The highest BCUT2D eigenvalue weighted by Gasteiger charge is 2.10. The Morgan fingerprint density at radius 2 is 1.63 bits per heavy atom. The van der Waals surface area contributed by atoms with Crippen LogP contribution in [0.15, 0.2) is 36.7 Å². The van der Waals surface area contributed by atoms with Crippen LogP contribution < -0.4 is 10.6 Å². The molecule has 3 heterocycles. The first kappa shape index (κ1) is 21.1. The van der Waals surface area contributed by atoms with Crippen molar-refractivity contribution in [3.8, 4) is 0 Å². The molecule has 0 aromatic carbocycles. The monoisotopic (exact) mass is 371 g/mol. The van der Waals surface area contributed by atoms with Gasteiger partial charge in [-0.2, -0.15) is 0 Å². The number of nitrogens with one attached hydrogen (secondary N) is 2. The summed E-state index contributed by atoms with van der Waals surface area (Å²) in [7, 11) is 0. The first-order valence-corrected chi connectivity index (χ1v) is 9.90. The number of aliphatic hydroxyl groups is 1. The lowest BCUT2D eigenvalue weighted by Crippen LogP contribution is -2.26. The molecule has 0 spiro atoms. The number of hydrogen-bond donors (Lipinski definition) is 3. The van der Waals surface area contributed by atoms with Gasteiger partial charge >= 0.3 is 0 Å². The molecular formula is C21H33N5O. The van der Waals surface area contributed by atoms with Crippen LogP contribution in [0.4, 0.5) is 11.6 Å². The highest BCUT2D eigenvalue weighted by atomic mass is 16.3. The number of aryl methyl sites for hydroxylation is 2. The Morgan fingerprint density at radius 1 is 0.963 bits per heavy atom. The molecule has 0 unspecified atom stereocenters. The summed E-state index contributed by atoms with van der Waals surface area (Å²) in [5, 5.41) is 14.9. The Bertz CT molecular complexity index is 624. The topological polar surface area (TPSA) is 73.3 Å². The lowest BCUT2D eigenvalue weighted by Gasteiger charge is -2.14. The minimum absolute atomic E-state index is 0.136. The second-order valence-corrected chi connectivity index (χ2v) is 6.75. The van der Waals surface area contributed by atoms with Crippen LogP contribution in [0.25, 0.3) is 0 Å². The predicted octanol–water partition coefficient (Wildman–Crippen LogP) is 2.95. The van der Waals surface area contributed by atoms with E-state index in [1.165, 1.54) is 37.1 Å². The number of aromatic nitrogens is 2. The van der Waals surface area contributed by atoms with Gasteiger partial charge in [0.1, 0.15) is 11.6 Å². The first-order valence-electron chi connectivity index (χ1n) is 9.90. The van der Waals surface area contributed by atoms with Crippen molar-refractivity contribution in [1.29, 1.82) is 0 Å². The number of rotatable bonds is 8. The molecule has 0 bridgehead atoms. The summed E-state index contributed by atoms with van der Waals surface area (Å²) in [5.41, 5.74) is 2.43. The van der Waals surface area contributed by atoms with Crippen molar-refractivity contribution in [2.45, 2.75) is 33.1 Å². The van der Waals surface area contributed by atoms with E-state index in [1.54, 1.807) is 0 Å². The number of anilines is 2. The maximum atomic E-state index is 8.54. The van der Waals surface area contributed by atoms with Gasteiger partial charge in [-0.1, -0.05) is 19.1 Å². The minimum Gasteiger partial charge on any atom is -0.395 e. The van der Waals surface area contributed by atoms with Gasteiger partial charge in [0, 0.05) is 32.0 Å². The summed E-state index contributed by atoms with van der Waals surface area (Å²) in [4.78, 5) is 11.0. The third kappa shape index (κ3) is 8.37. The number of likely N-dealkylation sites (tertiary alicyclic amines) is 1. The summed E-state index contributed by atoms with van der Waals surface area (Å²) in [6.07, 6.45) is 7.48. The molecular weight excluding hydrogens is 338 g/mol. The van der Waals surface area contributed by atoms with Crippen LogP contribution in [0.5, 0.6) is 0 Å². The summed E-state index contributed by atoms with van der Waals surface area (Å²) in [6.45, 7) is 9.51. The Labute approximate surface area is 163 Å². The summed E-state index contributed by atoms with van der Waals surface area (Å²) in [5.74, 6) is 1.81. The van der Waals surface area contributed by atoms with Crippen molar-refractivity contribution >= 4 is 11.6 Å². The zero-order valence-electron chi connectivity index (χ0n) is 16.6. The molecule has 0 amide bonds. The maximum Gasteiger partial charge on any atom is 0.125 e. The molecule has 2 aromatic rings. The van der Waals surface area contributed by atoms with E-state index in [2.05, 4.69) is 45.4 Å². The minimum atomic E-state index is 0.136. The Kier molecular flexibility index (Phi) is 9.58. The second-order valence-electron chi connectivity index (χ2n) is 6.75. The van der Waals surface area contributed by atoms with Crippen molar-refractivity contribution in [1.82, 2.24) is 14.9 Å². The average Bonchev–Trinajstić information content (AvgIpc) is 3.22. The molecule has 3 N–H and O–H groups in total. The standard InChI is InChI=1S/C12H19N3.C9H14N2O/c1-11-4-5-12(14-10-11)13-6-9-15-7-2-3-8-15;1-2-8-3-4-9(11-7-8)10-5-6-12/h4-5,10H,2-3,6-9H2,1H3,(H,13,14);3-4,7,12H,2,5-6H2,1H3,(H,10,11). The molecule has 148 valence electrons. The lowest BCUT2D eigenvalue weighted by molar-refractivity contribution is 0.311. The molecule has 1 saturated heterocycles. The highest BCUT2D eigenvalue weighted by molar-refractivity contribution is 5.35. The number of nitrogens with zero attached hydrogens (tertiary/aromatic N) is 3. The fourth-order valence-corrected chi connectivity index (χ4v) is 2.84. The van der Waals surface area contributed by atoms with Gasteiger partial charge in [0.25, 0.3) is 0 Å². The van der Waals surface area contributed by atoms with E-state index in [0.29, 0.717) is 6.54 Å². The van der Waals surface area contributed by atoms with E-state index in [9.17, 15) is 0 Å². The van der Waals surface area contributed by atoms with E-state index >= 15 is 0 Å². The van der Waals surface area contributed by atoms with Gasteiger partial charge in [0.05, 0.1) is 6.61 Å². The molecule has 0 aliphatic carbocycles. The van der Waals surface area contributed by atoms with Crippen LogP contribution in [0.1, 0.15) is 30.9 Å². The van der Waals surface area contributed by atoms with Crippen molar-refractivity contribution < 1.29 is 5.11 Å². The molecule has 1 fully saturated rings. The van der Waals surface area contributed by atoms with Gasteiger partial charge in [0.15, 0.2) is 0 Å². The van der Waals surface area contributed by atoms with Crippen molar-refractivity contribution in [2.75, 3.05) is 50.0 Å². The van der Waals surface area contributed by atoms with Crippen molar-refractivity contribution in [3.05, 3.63) is 47.8 Å². The Hall–Kier alpha value is -2.18. The summed E-state index contributed by atoms with van der Waals surface area (Å²) >= 11 is 0. The van der Waals surface area contributed by atoms with Gasteiger partial charge in [-0.05, 0) is 62.5 Å². The lowest BCUT2D eigenvalue weighted by atomic mass is 10.2. The predicted molar refractivity (Wildman–Crippen MR) is 112 cm³/mol. The van der Waals surface area contributed by atoms with Crippen LogP contribution in [-0.2, 0) is 6.42 Å². The molecule has 6 heteroatoms. The normalized spacial score (nSPS) is 13.7. The second kappa shape index (κ2) is 12.3. The van der Waals surface area contributed by atoms with Gasteiger partial charge in [-0.25, -0.2) is 9.97 Å². The van der Waals surface area contributed by atoms with Crippen LogP contribution >= 0.6 is 0 Å². The quantitative estimate of drug-likeness (QED) is 0.663. The Balaban J connectivity index is 0.000000199. The number of hydrogen-bond acceptors (Lipinski definition) is 6. The molecule has 1 aliphatic rings. The third-order valence-electron chi connectivity index (χ3n) is 4.50. The fourth-order valence-electron chi connectivity index (χ4n) is 2.84. The van der Waals surface area contributed by atoms with E-state index in [-0.39, 0.29) is 6.61 Å². The van der Waals surface area contributed by atoms with Gasteiger partial charge in [-0.15, -0.1) is 0 Å². The SMILES string of the molecule is CCc1ccc(NCCO)nc1.Cc1ccc(NCCN2CCCC2)nc1.